The van der Waals surface area contributed by atoms with E-state index in [0.29, 0.717) is 0 Å². The summed E-state index contributed by atoms with van der Waals surface area (Å²) in [5, 5.41) is 0. The van der Waals surface area contributed by atoms with Crippen LogP contribution in [0.2, 0.25) is 0 Å². The number of ketones is 1. The van der Waals surface area contributed by atoms with E-state index in [1.165, 1.54) is 13.8 Å². The Bertz CT molecular complexity index is 33.8. The van der Waals surface area contributed by atoms with Gasteiger partial charge in [0.15, 0.2) is 0 Å². The van der Waals surface area contributed by atoms with Gasteiger partial charge in [-0.15, -0.1) is 0 Å². The van der Waals surface area contributed by atoms with Crippen LogP contribution in [-0.2, 0) is 22.1 Å². The van der Waals surface area contributed by atoms with Gasteiger partial charge in [0.05, 0.1) is 0 Å². The van der Waals surface area contributed by atoms with Gasteiger partial charge in [-0.2, -0.15) is 0 Å². The molecule has 0 atom stereocenters. The van der Waals surface area contributed by atoms with Gasteiger partial charge in [0.1, 0.15) is 5.78 Å². The summed E-state index contributed by atoms with van der Waals surface area (Å²) in [6, 6.07) is 0. The van der Waals surface area contributed by atoms with Crippen molar-refractivity contribution in [2.75, 3.05) is 0 Å². The van der Waals surface area contributed by atoms with Crippen molar-refractivity contribution in [1.82, 2.24) is 0 Å². The Labute approximate surface area is 51.8 Å². The van der Waals surface area contributed by atoms with Crippen LogP contribution in [0.3, 0.4) is 0 Å². The van der Waals surface area contributed by atoms with E-state index in [1.807, 2.05) is 17.3 Å². The van der Waals surface area contributed by atoms with Gasteiger partial charge in [0.25, 0.3) is 0 Å². The molecule has 3 heteroatoms. The molecule has 0 fully saturated rings. The molecule has 39 valence electrons. The minimum atomic E-state index is 0.167. The molecule has 0 unspecified atom stereocenters. The van der Waals surface area contributed by atoms with Crippen molar-refractivity contribution in [3.8, 4) is 0 Å². The fraction of sp³-hybridized carbons (Fsp3) is 0.667. The van der Waals surface area contributed by atoms with Gasteiger partial charge in [-0.05, 0) is 13.8 Å². The third-order valence-electron chi connectivity index (χ3n) is 0. The molecule has 0 N–H and O–H groups in total. The summed E-state index contributed by atoms with van der Waals surface area (Å²) < 4.78 is 0. The molecule has 0 amide bonds. The van der Waals surface area contributed by atoms with Crippen LogP contribution in [0.4, 0.5) is 0 Å². The molecule has 1 nitrogen and oxygen atoms in total. The third kappa shape index (κ3) is 173. The van der Waals surface area contributed by atoms with Crippen molar-refractivity contribution in [2.45, 2.75) is 13.8 Å². The van der Waals surface area contributed by atoms with Crippen molar-refractivity contribution in [2.24, 2.45) is 0 Å². The van der Waals surface area contributed by atoms with E-state index >= 15 is 0 Å². The predicted molar refractivity (Wildman–Crippen MR) is 22.2 cm³/mol. The number of rotatable bonds is 0. The van der Waals surface area contributed by atoms with Crippen molar-refractivity contribution in [1.29, 1.82) is 0 Å². The van der Waals surface area contributed by atoms with Crippen LogP contribution in [0.15, 0.2) is 0 Å². The number of hydrogen-bond acceptors (Lipinski definition) is 1. The summed E-state index contributed by atoms with van der Waals surface area (Å²) in [5.41, 5.74) is 0. The molecule has 0 saturated heterocycles. The van der Waals surface area contributed by atoms with Crippen molar-refractivity contribution >= 4 is 15.5 Å². The van der Waals surface area contributed by atoms with Crippen LogP contribution in [-0.4, -0.2) is 5.78 Å². The Morgan fingerprint density at radius 1 is 1.50 bits per heavy atom. The predicted octanol–water partition coefficient (Wildman–Crippen LogP) is 1.28. The zero-order chi connectivity index (χ0) is 5.58. The molecule has 0 aromatic carbocycles. The maximum absolute atomic E-state index is 9.44. The fourth-order valence-electron chi connectivity index (χ4n) is 0. The Morgan fingerprint density at radius 3 is 1.50 bits per heavy atom. The summed E-state index contributed by atoms with van der Waals surface area (Å²) in [6.45, 7) is 3.06. The number of hydrogen-bond donors (Lipinski definition) is 0. The van der Waals surface area contributed by atoms with Gasteiger partial charge in [-0.25, -0.2) is 0 Å². The van der Waals surface area contributed by atoms with Crippen molar-refractivity contribution in [3.05, 3.63) is 0 Å². The minimum absolute atomic E-state index is 0.167. The van der Waals surface area contributed by atoms with E-state index in [0.717, 1.165) is 0 Å². The second kappa shape index (κ2) is 9.13. The quantitative estimate of drug-likeness (QED) is 0.531. The van der Waals surface area contributed by atoms with Gasteiger partial charge >= 0.3 is 27.0 Å². The third-order valence-corrected chi connectivity index (χ3v) is 0. The standard InChI is InChI=1S/C3H6O.ClH.Ru/c1-3(2)4;;/h1-2H3;1H;/q;;+1/p-1. The first-order valence-corrected chi connectivity index (χ1v) is 3.58. The Kier molecular flexibility index (Phi) is 14.9. The van der Waals surface area contributed by atoms with Crippen LogP contribution >= 0.6 is 9.69 Å². The first-order chi connectivity index (χ1) is 2.73. The molecule has 0 aliphatic heterocycles. The first-order valence-electron chi connectivity index (χ1n) is 1.34. The van der Waals surface area contributed by atoms with Gasteiger partial charge in [0, 0.05) is 0 Å². The van der Waals surface area contributed by atoms with Crippen LogP contribution < -0.4 is 0 Å². The molecular weight excluding hydrogens is 189 g/mol. The van der Waals surface area contributed by atoms with Crippen molar-refractivity contribution in [3.63, 3.8) is 0 Å². The van der Waals surface area contributed by atoms with E-state index in [9.17, 15) is 4.79 Å². The number of Topliss-reactive ketones (excluding diaryl/α,β-unsaturated/α-hetero) is 1. The molecule has 0 aromatic heterocycles. The maximum atomic E-state index is 9.44. The second-order valence-electron chi connectivity index (χ2n) is 0.908. The molecule has 0 saturated carbocycles. The van der Waals surface area contributed by atoms with E-state index in [2.05, 4.69) is 9.69 Å². The Hall–Kier alpha value is 0.583. The van der Waals surface area contributed by atoms with Crippen molar-refractivity contribution < 1.29 is 22.1 Å². The van der Waals surface area contributed by atoms with E-state index in [-0.39, 0.29) is 5.78 Å². The SMILES string of the molecule is CC(C)=O.[Cl][Ru]. The van der Waals surface area contributed by atoms with Gasteiger partial charge in [0.2, 0.25) is 0 Å². The fourth-order valence-corrected chi connectivity index (χ4v) is 0. The molecule has 6 heavy (non-hydrogen) atoms. The molecule has 0 heterocycles. The molecule has 0 aliphatic rings. The molecule has 0 bridgehead atoms. The van der Waals surface area contributed by atoms with Gasteiger partial charge < -0.3 is 4.79 Å². The Morgan fingerprint density at radius 2 is 1.50 bits per heavy atom. The average Bonchev–Trinajstić information content (AvgIpc) is 1.41. The molecular formula is C3H6ClORu. The molecule has 0 aromatic rings. The van der Waals surface area contributed by atoms with E-state index in [4.69, 9.17) is 0 Å². The number of carbonyl (C=O) groups is 1. The number of halogens is 1. The normalized spacial score (nSPS) is 5.33. The van der Waals surface area contributed by atoms with Crippen LogP contribution in [0.5, 0.6) is 0 Å². The summed E-state index contributed by atoms with van der Waals surface area (Å²) in [4.78, 5) is 9.44. The zero-order valence-electron chi connectivity index (χ0n) is 3.64. The van der Waals surface area contributed by atoms with Crippen LogP contribution in [0, 0.1) is 0 Å². The van der Waals surface area contributed by atoms with Gasteiger partial charge in [-0.3, -0.25) is 0 Å². The first kappa shape index (κ1) is 9.77. The van der Waals surface area contributed by atoms with Crippen LogP contribution in [0.1, 0.15) is 13.8 Å². The second-order valence-corrected chi connectivity index (χ2v) is 0.908. The summed E-state index contributed by atoms with van der Waals surface area (Å²) in [6.07, 6.45) is 0. The molecule has 0 rings (SSSR count). The molecule has 0 aliphatic carbocycles. The summed E-state index contributed by atoms with van der Waals surface area (Å²) >= 11 is 1.82. The molecule has 0 radical (unpaired) electrons. The topological polar surface area (TPSA) is 17.1 Å². The zero-order valence-corrected chi connectivity index (χ0v) is 6.13. The van der Waals surface area contributed by atoms with Gasteiger partial charge in [-0.1, -0.05) is 0 Å². The number of carbonyl (C=O) groups excluding carboxylic acids is 1. The van der Waals surface area contributed by atoms with Crippen LogP contribution in [0.25, 0.3) is 0 Å². The monoisotopic (exact) mass is 195 g/mol. The molecule has 0 spiro atoms. The summed E-state index contributed by atoms with van der Waals surface area (Å²) in [7, 11) is 4.57. The Balaban J connectivity index is 0. The average molecular weight is 195 g/mol. The summed E-state index contributed by atoms with van der Waals surface area (Å²) in [5.74, 6) is 0.167. The van der Waals surface area contributed by atoms with E-state index in [1.54, 1.807) is 0 Å². The van der Waals surface area contributed by atoms with E-state index < -0.39 is 0 Å².